The van der Waals surface area contributed by atoms with Gasteiger partial charge in [0, 0.05) is 11.5 Å². The Kier molecular flexibility index (Phi) is 7.06. The van der Waals surface area contributed by atoms with Crippen LogP contribution in [0.25, 0.3) is 5.57 Å². The molecule has 0 spiro atoms. The molecule has 1 aromatic carbocycles. The summed E-state index contributed by atoms with van der Waals surface area (Å²) in [4.78, 5) is 21.6. The normalized spacial score (nSPS) is 16.2. The quantitative estimate of drug-likeness (QED) is 0.509. The molecule has 1 N–H and O–H groups in total. The van der Waals surface area contributed by atoms with Gasteiger partial charge in [0.1, 0.15) is 0 Å². The van der Waals surface area contributed by atoms with Crippen LogP contribution in [0.1, 0.15) is 60.8 Å². The van der Waals surface area contributed by atoms with Crippen molar-refractivity contribution in [3.8, 4) is 5.75 Å². The van der Waals surface area contributed by atoms with E-state index in [0.29, 0.717) is 30.9 Å². The first-order valence-electron chi connectivity index (χ1n) is 11.2. The molecule has 7 nitrogen and oxygen atoms in total. The van der Waals surface area contributed by atoms with Crippen molar-refractivity contribution >= 4 is 23.0 Å². The fraction of sp³-hybridized carbons (Fsp3) is 0.458. The Morgan fingerprint density at radius 1 is 1.29 bits per heavy atom. The second kappa shape index (κ2) is 10.0. The fourth-order valence-corrected chi connectivity index (χ4v) is 3.58. The molecule has 0 radical (unpaired) electrons. The van der Waals surface area contributed by atoms with E-state index in [1.54, 1.807) is 38.2 Å². The lowest BCUT2D eigenvalue weighted by Crippen LogP contribution is -2.21. The lowest BCUT2D eigenvalue weighted by atomic mass is 9.99. The monoisotopic (exact) mass is 477 g/mol. The number of hydrogen-bond donors (Lipinski definition) is 1. The summed E-state index contributed by atoms with van der Waals surface area (Å²) in [6.45, 7) is 2.80. The van der Waals surface area contributed by atoms with Gasteiger partial charge in [0.2, 0.25) is 0 Å². The first kappa shape index (κ1) is 24.0. The van der Waals surface area contributed by atoms with Crippen LogP contribution in [-0.4, -0.2) is 48.0 Å². The number of anilines is 2. The van der Waals surface area contributed by atoms with E-state index in [2.05, 4.69) is 15.3 Å². The smallest absolute Gasteiger partial charge is 0.422 e. The number of nitrogens with zero attached hydrogens (tertiary/aromatic N) is 2. The van der Waals surface area contributed by atoms with Gasteiger partial charge in [-0.15, -0.1) is 0 Å². The zero-order chi connectivity index (χ0) is 24.3. The number of carbonyl (C=O) groups is 1. The summed E-state index contributed by atoms with van der Waals surface area (Å²) in [5, 5.41) is 2.97. The molecular weight excluding hydrogens is 451 g/mol. The van der Waals surface area contributed by atoms with Gasteiger partial charge < -0.3 is 19.5 Å². The summed E-state index contributed by atoms with van der Waals surface area (Å²) in [7, 11) is 0. The van der Waals surface area contributed by atoms with E-state index in [9.17, 15) is 18.0 Å². The van der Waals surface area contributed by atoms with Crippen LogP contribution in [0.2, 0.25) is 0 Å². The van der Waals surface area contributed by atoms with Crippen molar-refractivity contribution in [2.24, 2.45) is 0 Å². The highest BCUT2D eigenvalue weighted by Crippen LogP contribution is 2.41. The van der Waals surface area contributed by atoms with Gasteiger partial charge in [0.25, 0.3) is 0 Å². The summed E-state index contributed by atoms with van der Waals surface area (Å²) >= 11 is 0. The third-order valence-corrected chi connectivity index (χ3v) is 5.28. The maximum atomic E-state index is 13.0. The number of esters is 1. The number of hydrogen-bond acceptors (Lipinski definition) is 7. The van der Waals surface area contributed by atoms with Crippen LogP contribution in [0.5, 0.6) is 5.75 Å². The molecule has 2 aliphatic rings. The molecule has 2 aromatic rings. The zero-order valence-electron chi connectivity index (χ0n) is 18.9. The van der Waals surface area contributed by atoms with E-state index in [1.807, 2.05) is 6.08 Å². The van der Waals surface area contributed by atoms with Crippen LogP contribution in [0.3, 0.4) is 0 Å². The van der Waals surface area contributed by atoms with Crippen LogP contribution >= 0.6 is 0 Å². The largest absolute Gasteiger partial charge is 0.481 e. The van der Waals surface area contributed by atoms with Gasteiger partial charge in [0.15, 0.2) is 23.9 Å². The maximum Gasteiger partial charge on any atom is 0.422 e. The molecule has 1 fully saturated rings. The maximum absolute atomic E-state index is 13.0. The molecule has 0 amide bonds. The van der Waals surface area contributed by atoms with Crippen LogP contribution in [0.4, 0.5) is 24.7 Å². The second-order valence-electron chi connectivity index (χ2n) is 8.49. The Hall–Kier alpha value is -3.14. The number of benzene rings is 1. The van der Waals surface area contributed by atoms with E-state index < -0.39 is 18.8 Å². The van der Waals surface area contributed by atoms with Gasteiger partial charge >= 0.3 is 12.1 Å². The Morgan fingerprint density at radius 3 is 2.74 bits per heavy atom. The molecule has 1 saturated carbocycles. The Labute approximate surface area is 195 Å². The average molecular weight is 477 g/mol. The summed E-state index contributed by atoms with van der Waals surface area (Å²) in [5.41, 5.74) is 2.25. The molecule has 34 heavy (non-hydrogen) atoms. The topological polar surface area (TPSA) is 82.6 Å². The summed E-state index contributed by atoms with van der Waals surface area (Å²) in [6, 6.07) is 4.97. The van der Waals surface area contributed by atoms with E-state index in [1.165, 1.54) is 0 Å². The van der Waals surface area contributed by atoms with Gasteiger partial charge in [0.05, 0.1) is 36.9 Å². The molecule has 0 saturated heterocycles. The number of aromatic nitrogens is 2. The number of carbonyl (C=O) groups excluding carboxylic acids is 1. The minimum atomic E-state index is -4.52. The van der Waals surface area contributed by atoms with Crippen molar-refractivity contribution in [2.45, 2.75) is 51.3 Å². The van der Waals surface area contributed by atoms with E-state index >= 15 is 0 Å². The Balaban J connectivity index is 1.72. The first-order valence-corrected chi connectivity index (χ1v) is 11.2. The van der Waals surface area contributed by atoms with Gasteiger partial charge in [-0.1, -0.05) is 18.2 Å². The van der Waals surface area contributed by atoms with Crippen molar-refractivity contribution in [1.29, 1.82) is 0 Å². The summed E-state index contributed by atoms with van der Waals surface area (Å²) in [6.07, 6.45) is 0.972. The summed E-state index contributed by atoms with van der Waals surface area (Å²) in [5.74, 6) is -0.301. The predicted octanol–water partition coefficient (Wildman–Crippen LogP) is 5.41. The molecule has 2 heterocycles. The van der Waals surface area contributed by atoms with Crippen molar-refractivity contribution in [3.05, 3.63) is 47.4 Å². The molecule has 0 atom stereocenters. The molecule has 1 aliphatic carbocycles. The number of para-hydroxylation sites is 1. The number of alkyl halides is 3. The van der Waals surface area contributed by atoms with Gasteiger partial charge in [-0.25, -0.2) is 14.8 Å². The highest BCUT2D eigenvalue weighted by molar-refractivity contribution is 5.94. The van der Waals surface area contributed by atoms with Crippen LogP contribution in [-0.2, 0) is 9.47 Å². The Bertz CT molecular complexity index is 1080. The fourth-order valence-electron chi connectivity index (χ4n) is 3.58. The SMILES string of the molecule is CC(C)OC(=O)c1nc(C2CC2)cnc1Nc1cccc(C2=CCOCC2)c1OCC(F)(F)F. The number of nitrogens with one attached hydrogen (secondary N) is 1. The lowest BCUT2D eigenvalue weighted by Gasteiger charge is -2.21. The van der Waals surface area contributed by atoms with Crippen molar-refractivity contribution in [3.63, 3.8) is 0 Å². The summed E-state index contributed by atoms with van der Waals surface area (Å²) < 4.78 is 55.0. The predicted molar refractivity (Wildman–Crippen MR) is 119 cm³/mol. The highest BCUT2D eigenvalue weighted by atomic mass is 19.4. The van der Waals surface area contributed by atoms with Gasteiger partial charge in [-0.2, -0.15) is 13.2 Å². The van der Waals surface area contributed by atoms with Crippen LogP contribution < -0.4 is 10.1 Å². The number of ether oxygens (including phenoxy) is 3. The molecular formula is C24H26F3N3O4. The minimum Gasteiger partial charge on any atom is -0.481 e. The van der Waals surface area contributed by atoms with Gasteiger partial charge in [-0.3, -0.25) is 0 Å². The molecule has 182 valence electrons. The van der Waals surface area contributed by atoms with Crippen LogP contribution in [0.15, 0.2) is 30.5 Å². The standard InChI is InChI=1S/C24H26F3N3O4/c1-14(2)34-23(31)20-22(28-12-19(29-20)16-6-7-16)30-18-5-3-4-17(15-8-10-32-11-9-15)21(18)33-13-24(25,26)27/h3-5,8,12,14,16H,6-7,9-11,13H2,1-2H3,(H,28,30). The van der Waals surface area contributed by atoms with E-state index in [-0.39, 0.29) is 35.0 Å². The molecule has 10 heteroatoms. The average Bonchev–Trinajstić information content (AvgIpc) is 3.63. The molecule has 4 rings (SSSR count). The number of halogens is 3. The third kappa shape index (κ3) is 6.05. The highest BCUT2D eigenvalue weighted by Gasteiger charge is 2.31. The van der Waals surface area contributed by atoms with Crippen molar-refractivity contribution in [1.82, 2.24) is 9.97 Å². The molecule has 0 bridgehead atoms. The first-order chi connectivity index (χ1) is 16.2. The number of rotatable bonds is 8. The zero-order valence-corrected chi connectivity index (χ0v) is 18.9. The third-order valence-electron chi connectivity index (χ3n) is 5.28. The van der Waals surface area contributed by atoms with E-state index in [0.717, 1.165) is 18.4 Å². The second-order valence-corrected chi connectivity index (χ2v) is 8.49. The molecule has 1 aliphatic heterocycles. The Morgan fingerprint density at radius 2 is 2.09 bits per heavy atom. The van der Waals surface area contributed by atoms with Crippen LogP contribution in [0, 0.1) is 0 Å². The molecule has 0 unspecified atom stereocenters. The van der Waals surface area contributed by atoms with Gasteiger partial charge in [-0.05, 0) is 44.7 Å². The van der Waals surface area contributed by atoms with E-state index in [4.69, 9.17) is 14.2 Å². The lowest BCUT2D eigenvalue weighted by molar-refractivity contribution is -0.153. The van der Waals surface area contributed by atoms with Crippen molar-refractivity contribution < 1.29 is 32.2 Å². The van der Waals surface area contributed by atoms with Crippen molar-refractivity contribution in [2.75, 3.05) is 25.1 Å². The molecule has 1 aromatic heterocycles. The minimum absolute atomic E-state index is 0.0178.